The molecule has 0 aliphatic heterocycles. The lowest BCUT2D eigenvalue weighted by Gasteiger charge is -2.40. The van der Waals surface area contributed by atoms with E-state index >= 15 is 0 Å². The molecule has 4 aromatic rings. The normalized spacial score (nSPS) is 12.7. The number of carboxylic acid groups (broad SMARTS) is 1. The average Bonchev–Trinajstić information content (AvgIpc) is 2.94. The van der Waals surface area contributed by atoms with E-state index in [9.17, 15) is 19.8 Å². The summed E-state index contributed by atoms with van der Waals surface area (Å²) in [5, 5.41) is 20.4. The highest BCUT2D eigenvalue weighted by atomic mass is 28.4. The van der Waals surface area contributed by atoms with Crippen molar-refractivity contribution in [3.8, 4) is 11.5 Å². The van der Waals surface area contributed by atoms with E-state index in [1.165, 1.54) is 11.0 Å². The minimum atomic E-state index is -2.37. The van der Waals surface area contributed by atoms with Gasteiger partial charge in [0.25, 0.3) is 0 Å². The van der Waals surface area contributed by atoms with Crippen LogP contribution in [0.5, 0.6) is 11.5 Å². The molecule has 9 heteroatoms. The Balaban J connectivity index is 1.71. The number of phenolic OH excluding ortho intramolecular Hbond substituents is 1. The van der Waals surface area contributed by atoms with Gasteiger partial charge in [-0.3, -0.25) is 4.79 Å². The molecular formula is C33H40N2O6Si. The zero-order valence-corrected chi connectivity index (χ0v) is 25.9. The van der Waals surface area contributed by atoms with Crippen molar-refractivity contribution in [1.82, 2.24) is 9.88 Å². The fraction of sp³-hybridized carbons (Fsp3) is 0.333. The standard InChI is InChI=1S/C33H40N2O6Si/c1-33(2,3)42(4,5)41-29(21-35(32(38)39)20-19-23-11-13-25(36)14-12-23)26-15-17-28(31-27(26)16-18-30(37)34-31)40-22-24-9-7-6-8-10-24/h6-18,29,36H,19-22H2,1-5H3,(H,34,37)(H,38,39). The number of aromatic amines is 1. The van der Waals surface area contributed by atoms with Crippen molar-refractivity contribution in [2.45, 2.75) is 58.0 Å². The monoisotopic (exact) mass is 588 g/mol. The van der Waals surface area contributed by atoms with Crippen molar-refractivity contribution in [1.29, 1.82) is 0 Å². The molecular weight excluding hydrogens is 548 g/mol. The van der Waals surface area contributed by atoms with Gasteiger partial charge < -0.3 is 29.3 Å². The summed E-state index contributed by atoms with van der Waals surface area (Å²) >= 11 is 0. The summed E-state index contributed by atoms with van der Waals surface area (Å²) < 4.78 is 13.1. The van der Waals surface area contributed by atoms with Crippen LogP contribution in [0.4, 0.5) is 4.79 Å². The molecule has 1 aromatic heterocycles. The molecule has 0 spiro atoms. The largest absolute Gasteiger partial charge is 0.508 e. The van der Waals surface area contributed by atoms with Crippen LogP contribution in [0, 0.1) is 0 Å². The molecule has 0 fully saturated rings. The highest BCUT2D eigenvalue weighted by Crippen LogP contribution is 2.41. The summed E-state index contributed by atoms with van der Waals surface area (Å²) in [7, 11) is -2.37. The number of fused-ring (bicyclic) bond motifs is 1. The highest BCUT2D eigenvalue weighted by molar-refractivity contribution is 6.74. The molecule has 3 N–H and O–H groups in total. The van der Waals surface area contributed by atoms with Crippen LogP contribution in [-0.4, -0.2) is 47.6 Å². The molecule has 3 aromatic carbocycles. The van der Waals surface area contributed by atoms with Crippen molar-refractivity contribution in [3.05, 3.63) is 106 Å². The third-order valence-electron chi connectivity index (χ3n) is 7.98. The summed E-state index contributed by atoms with van der Waals surface area (Å²) in [4.78, 5) is 29.2. The van der Waals surface area contributed by atoms with E-state index < -0.39 is 20.5 Å². The Morgan fingerprint density at radius 3 is 2.29 bits per heavy atom. The summed E-state index contributed by atoms with van der Waals surface area (Å²) in [5.41, 5.74) is 2.99. The zero-order valence-electron chi connectivity index (χ0n) is 24.9. The third-order valence-corrected chi connectivity index (χ3v) is 12.5. The molecule has 0 aliphatic carbocycles. The zero-order chi connectivity index (χ0) is 30.5. The number of phenols is 1. The lowest BCUT2D eigenvalue weighted by Crippen LogP contribution is -2.45. The molecule has 0 radical (unpaired) electrons. The van der Waals surface area contributed by atoms with Crippen molar-refractivity contribution in [2.75, 3.05) is 13.1 Å². The number of hydrogen-bond donors (Lipinski definition) is 3. The lowest BCUT2D eigenvalue weighted by molar-refractivity contribution is 0.102. The average molecular weight is 589 g/mol. The van der Waals surface area contributed by atoms with Crippen LogP contribution in [-0.2, 0) is 17.5 Å². The number of hydrogen-bond acceptors (Lipinski definition) is 5. The van der Waals surface area contributed by atoms with Gasteiger partial charge in [-0.2, -0.15) is 0 Å². The Morgan fingerprint density at radius 1 is 0.952 bits per heavy atom. The second-order valence-corrected chi connectivity index (χ2v) is 16.8. The van der Waals surface area contributed by atoms with Gasteiger partial charge in [-0.1, -0.05) is 69.3 Å². The fourth-order valence-electron chi connectivity index (χ4n) is 4.51. The van der Waals surface area contributed by atoms with E-state index in [0.717, 1.165) is 22.1 Å². The molecule has 42 heavy (non-hydrogen) atoms. The van der Waals surface area contributed by atoms with E-state index in [-0.39, 0.29) is 29.4 Å². The number of nitrogens with one attached hydrogen (secondary N) is 1. The van der Waals surface area contributed by atoms with Gasteiger partial charge in [0, 0.05) is 18.0 Å². The number of benzene rings is 3. The van der Waals surface area contributed by atoms with Gasteiger partial charge in [0.05, 0.1) is 18.2 Å². The molecule has 8 nitrogen and oxygen atoms in total. The van der Waals surface area contributed by atoms with Crippen LogP contribution in [0.2, 0.25) is 18.1 Å². The van der Waals surface area contributed by atoms with Gasteiger partial charge in [-0.05, 0) is 65.5 Å². The fourth-order valence-corrected chi connectivity index (χ4v) is 5.77. The third kappa shape index (κ3) is 7.60. The van der Waals surface area contributed by atoms with Crippen LogP contribution in [0.15, 0.2) is 83.7 Å². The van der Waals surface area contributed by atoms with E-state index in [0.29, 0.717) is 24.3 Å². The molecule has 0 aliphatic rings. The van der Waals surface area contributed by atoms with Crippen molar-refractivity contribution in [3.63, 3.8) is 0 Å². The van der Waals surface area contributed by atoms with E-state index in [4.69, 9.17) is 9.16 Å². The lowest BCUT2D eigenvalue weighted by atomic mass is 10.0. The van der Waals surface area contributed by atoms with Crippen LogP contribution < -0.4 is 10.3 Å². The molecule has 0 saturated heterocycles. The van der Waals surface area contributed by atoms with Crippen LogP contribution >= 0.6 is 0 Å². The van der Waals surface area contributed by atoms with Gasteiger partial charge in [0.15, 0.2) is 8.32 Å². The molecule has 0 bridgehead atoms. The quantitative estimate of drug-likeness (QED) is 0.161. The number of pyridine rings is 1. The van der Waals surface area contributed by atoms with Gasteiger partial charge >= 0.3 is 6.09 Å². The number of nitrogens with zero attached hydrogens (tertiary/aromatic N) is 1. The number of H-pyrrole nitrogens is 1. The number of ether oxygens (including phenoxy) is 1. The molecule has 1 amide bonds. The van der Waals surface area contributed by atoms with Crippen LogP contribution in [0.1, 0.15) is 43.6 Å². The SMILES string of the molecule is CC(C)(C)[Si](C)(C)OC(CN(CCc1ccc(O)cc1)C(=O)O)c1ccc(OCc2ccccc2)c2[nH]c(=O)ccc12. The van der Waals surface area contributed by atoms with Gasteiger partial charge in [0.1, 0.15) is 18.1 Å². The topological polar surface area (TPSA) is 112 Å². The number of aromatic hydroxyl groups is 1. The number of aromatic nitrogens is 1. The summed E-state index contributed by atoms with van der Waals surface area (Å²) in [6, 6.07) is 23.5. The molecule has 0 saturated carbocycles. The smallest absolute Gasteiger partial charge is 0.407 e. The van der Waals surface area contributed by atoms with E-state index in [1.54, 1.807) is 30.3 Å². The number of amides is 1. The second-order valence-electron chi connectivity index (χ2n) is 12.1. The van der Waals surface area contributed by atoms with Crippen LogP contribution in [0.25, 0.3) is 10.9 Å². The van der Waals surface area contributed by atoms with Gasteiger partial charge in [0.2, 0.25) is 5.56 Å². The first-order valence-electron chi connectivity index (χ1n) is 14.1. The van der Waals surface area contributed by atoms with E-state index in [2.05, 4.69) is 38.8 Å². The van der Waals surface area contributed by atoms with Crippen molar-refractivity contribution in [2.24, 2.45) is 0 Å². The molecule has 4 rings (SSSR count). The number of rotatable bonds is 11. The maximum Gasteiger partial charge on any atom is 0.407 e. The minimum Gasteiger partial charge on any atom is -0.508 e. The van der Waals surface area contributed by atoms with Crippen molar-refractivity contribution < 1.29 is 24.2 Å². The summed E-state index contributed by atoms with van der Waals surface area (Å²) in [6.45, 7) is 11.4. The Labute approximate surface area is 247 Å². The van der Waals surface area contributed by atoms with E-state index in [1.807, 2.05) is 42.5 Å². The first kappa shape index (κ1) is 30.9. The predicted molar refractivity (Wildman–Crippen MR) is 168 cm³/mol. The maximum atomic E-state index is 12.5. The Kier molecular flexibility index (Phi) is 9.43. The van der Waals surface area contributed by atoms with Gasteiger partial charge in [-0.25, -0.2) is 4.79 Å². The first-order valence-corrected chi connectivity index (χ1v) is 17.0. The molecule has 1 atom stereocenters. The Bertz CT molecular complexity index is 1560. The number of carbonyl (C=O) groups is 1. The Morgan fingerprint density at radius 2 is 1.64 bits per heavy atom. The minimum absolute atomic E-state index is 0.109. The van der Waals surface area contributed by atoms with Crippen molar-refractivity contribution >= 4 is 25.3 Å². The molecule has 1 unspecified atom stereocenters. The van der Waals surface area contributed by atoms with Crippen LogP contribution in [0.3, 0.4) is 0 Å². The first-order chi connectivity index (χ1) is 19.8. The summed E-state index contributed by atoms with van der Waals surface area (Å²) in [5.74, 6) is 0.696. The molecule has 1 heterocycles. The maximum absolute atomic E-state index is 12.5. The summed E-state index contributed by atoms with van der Waals surface area (Å²) in [6.07, 6.45) is -1.14. The highest BCUT2D eigenvalue weighted by Gasteiger charge is 2.40. The Hall–Kier alpha value is -4.08. The molecule has 222 valence electrons. The second kappa shape index (κ2) is 12.8. The van der Waals surface area contributed by atoms with Gasteiger partial charge in [-0.15, -0.1) is 0 Å². The predicted octanol–water partition coefficient (Wildman–Crippen LogP) is 7.10.